The molecular weight excluding hydrogens is 282 g/mol. The Labute approximate surface area is 117 Å². The minimum absolute atomic E-state index is 0.172. The molecule has 0 aliphatic carbocycles. The van der Waals surface area contributed by atoms with Crippen LogP contribution >= 0.6 is 11.3 Å². The summed E-state index contributed by atoms with van der Waals surface area (Å²) in [5, 5.41) is 3.83. The van der Waals surface area contributed by atoms with Crippen LogP contribution in [-0.2, 0) is 16.6 Å². The standard InChI is InChI=1S/C13H15NO3S2/c1-10-3-4-12(17-2)13(7-10)19(15,16)14-8-11-5-6-18-9-11/h3-7,9,14H,8H2,1-2H3. The van der Waals surface area contributed by atoms with Crippen molar-refractivity contribution in [3.8, 4) is 5.75 Å². The highest BCUT2D eigenvalue weighted by atomic mass is 32.2. The lowest BCUT2D eigenvalue weighted by Gasteiger charge is -2.11. The molecule has 19 heavy (non-hydrogen) atoms. The van der Waals surface area contributed by atoms with Gasteiger partial charge in [0.15, 0.2) is 0 Å². The fourth-order valence-electron chi connectivity index (χ4n) is 1.64. The maximum Gasteiger partial charge on any atom is 0.244 e. The van der Waals surface area contributed by atoms with E-state index in [0.29, 0.717) is 5.75 Å². The third-order valence-corrected chi connectivity index (χ3v) is 4.81. The Morgan fingerprint density at radius 3 is 2.74 bits per heavy atom. The fraction of sp³-hybridized carbons (Fsp3) is 0.231. The van der Waals surface area contributed by atoms with E-state index < -0.39 is 10.0 Å². The van der Waals surface area contributed by atoms with Crippen molar-refractivity contribution in [3.63, 3.8) is 0 Å². The Morgan fingerprint density at radius 1 is 1.32 bits per heavy atom. The maximum atomic E-state index is 12.3. The number of sulfonamides is 1. The normalized spacial score (nSPS) is 11.5. The molecule has 2 rings (SSSR count). The summed E-state index contributed by atoms with van der Waals surface area (Å²) >= 11 is 1.54. The highest BCUT2D eigenvalue weighted by Crippen LogP contribution is 2.24. The van der Waals surface area contributed by atoms with Gasteiger partial charge in [0.05, 0.1) is 7.11 Å². The van der Waals surface area contributed by atoms with Crippen LogP contribution in [0.4, 0.5) is 0 Å². The van der Waals surface area contributed by atoms with Gasteiger partial charge >= 0.3 is 0 Å². The van der Waals surface area contributed by atoms with Gasteiger partial charge in [-0.2, -0.15) is 11.3 Å². The molecule has 1 aromatic heterocycles. The molecule has 1 aromatic carbocycles. The Bertz CT molecular complexity index is 649. The minimum atomic E-state index is -3.57. The van der Waals surface area contributed by atoms with E-state index in [4.69, 9.17) is 4.74 Å². The van der Waals surface area contributed by atoms with Crippen LogP contribution in [0.2, 0.25) is 0 Å². The summed E-state index contributed by atoms with van der Waals surface area (Å²) in [6.45, 7) is 2.13. The van der Waals surface area contributed by atoms with E-state index in [-0.39, 0.29) is 11.4 Å². The van der Waals surface area contributed by atoms with Crippen LogP contribution in [0.1, 0.15) is 11.1 Å². The topological polar surface area (TPSA) is 55.4 Å². The lowest BCUT2D eigenvalue weighted by atomic mass is 10.2. The molecular formula is C13H15NO3S2. The summed E-state index contributed by atoms with van der Waals surface area (Å²) in [5.74, 6) is 0.350. The van der Waals surface area contributed by atoms with Crippen molar-refractivity contribution < 1.29 is 13.2 Å². The molecule has 102 valence electrons. The zero-order valence-electron chi connectivity index (χ0n) is 10.7. The Kier molecular flexibility index (Phi) is 4.24. The zero-order valence-corrected chi connectivity index (χ0v) is 12.3. The van der Waals surface area contributed by atoms with Gasteiger partial charge in [0.2, 0.25) is 10.0 Å². The van der Waals surface area contributed by atoms with Crippen molar-refractivity contribution in [1.82, 2.24) is 4.72 Å². The number of ether oxygens (including phenoxy) is 1. The predicted octanol–water partition coefficient (Wildman–Crippen LogP) is 2.54. The van der Waals surface area contributed by atoms with Gasteiger partial charge in [-0.3, -0.25) is 0 Å². The van der Waals surface area contributed by atoms with Gasteiger partial charge in [0.25, 0.3) is 0 Å². The quantitative estimate of drug-likeness (QED) is 0.922. The Hall–Kier alpha value is -1.37. The summed E-state index contributed by atoms with van der Waals surface area (Å²) in [6, 6.07) is 6.97. The molecule has 0 saturated heterocycles. The first-order chi connectivity index (χ1) is 9.03. The third kappa shape index (κ3) is 3.34. The van der Waals surface area contributed by atoms with Crippen LogP contribution in [-0.4, -0.2) is 15.5 Å². The third-order valence-electron chi connectivity index (χ3n) is 2.66. The van der Waals surface area contributed by atoms with Crippen LogP contribution < -0.4 is 9.46 Å². The van der Waals surface area contributed by atoms with E-state index in [2.05, 4.69) is 4.72 Å². The van der Waals surface area contributed by atoms with E-state index in [0.717, 1.165) is 11.1 Å². The molecule has 0 spiro atoms. The molecule has 0 aliphatic heterocycles. The SMILES string of the molecule is COc1ccc(C)cc1S(=O)(=O)NCc1ccsc1. The summed E-state index contributed by atoms with van der Waals surface area (Å²) in [4.78, 5) is 0.172. The molecule has 6 heteroatoms. The molecule has 0 aliphatic rings. The van der Waals surface area contributed by atoms with Gasteiger partial charge in [-0.05, 0) is 47.0 Å². The van der Waals surface area contributed by atoms with Crippen LogP contribution in [0, 0.1) is 6.92 Å². The zero-order chi connectivity index (χ0) is 13.9. The number of hydrogen-bond acceptors (Lipinski definition) is 4. The summed E-state index contributed by atoms with van der Waals surface area (Å²) in [6.07, 6.45) is 0. The largest absolute Gasteiger partial charge is 0.495 e. The van der Waals surface area contributed by atoms with Crippen LogP contribution in [0.25, 0.3) is 0 Å². The van der Waals surface area contributed by atoms with E-state index in [1.165, 1.54) is 18.4 Å². The van der Waals surface area contributed by atoms with Crippen molar-refractivity contribution >= 4 is 21.4 Å². The van der Waals surface area contributed by atoms with Crippen molar-refractivity contribution in [1.29, 1.82) is 0 Å². The van der Waals surface area contributed by atoms with Crippen LogP contribution in [0.3, 0.4) is 0 Å². The second kappa shape index (κ2) is 5.73. The average Bonchev–Trinajstić information content (AvgIpc) is 2.89. The van der Waals surface area contributed by atoms with Gasteiger partial charge in [-0.15, -0.1) is 0 Å². The highest BCUT2D eigenvalue weighted by molar-refractivity contribution is 7.89. The van der Waals surface area contributed by atoms with Crippen molar-refractivity contribution in [2.75, 3.05) is 7.11 Å². The molecule has 1 N–H and O–H groups in total. The lowest BCUT2D eigenvalue weighted by molar-refractivity contribution is 0.402. The van der Waals surface area contributed by atoms with Gasteiger partial charge in [0, 0.05) is 6.54 Å². The smallest absolute Gasteiger partial charge is 0.244 e. The number of rotatable bonds is 5. The van der Waals surface area contributed by atoms with Crippen molar-refractivity contribution in [3.05, 3.63) is 46.2 Å². The number of aryl methyl sites for hydroxylation is 1. The first-order valence-electron chi connectivity index (χ1n) is 5.68. The average molecular weight is 297 g/mol. The second-order valence-electron chi connectivity index (χ2n) is 4.11. The van der Waals surface area contributed by atoms with E-state index in [1.54, 1.807) is 12.1 Å². The van der Waals surface area contributed by atoms with Gasteiger partial charge in [-0.25, -0.2) is 13.1 Å². The summed E-state index contributed by atoms with van der Waals surface area (Å²) in [7, 11) is -2.11. The van der Waals surface area contributed by atoms with E-state index in [9.17, 15) is 8.42 Å². The number of benzene rings is 1. The van der Waals surface area contributed by atoms with E-state index in [1.807, 2.05) is 29.8 Å². The number of hydrogen-bond donors (Lipinski definition) is 1. The molecule has 1 heterocycles. The second-order valence-corrected chi connectivity index (χ2v) is 6.63. The molecule has 0 atom stereocenters. The van der Waals surface area contributed by atoms with Crippen LogP contribution in [0.15, 0.2) is 39.9 Å². The molecule has 0 unspecified atom stereocenters. The van der Waals surface area contributed by atoms with Crippen molar-refractivity contribution in [2.45, 2.75) is 18.4 Å². The van der Waals surface area contributed by atoms with E-state index >= 15 is 0 Å². The molecule has 0 saturated carbocycles. The van der Waals surface area contributed by atoms with Gasteiger partial charge in [0.1, 0.15) is 10.6 Å². The summed E-state index contributed by atoms with van der Waals surface area (Å²) < 4.78 is 32.2. The van der Waals surface area contributed by atoms with Gasteiger partial charge < -0.3 is 4.74 Å². The Balaban J connectivity index is 2.26. The first kappa shape index (κ1) is 14.0. The monoisotopic (exact) mass is 297 g/mol. The number of nitrogens with one attached hydrogen (secondary N) is 1. The van der Waals surface area contributed by atoms with Crippen LogP contribution in [0.5, 0.6) is 5.75 Å². The predicted molar refractivity (Wildman–Crippen MR) is 76.1 cm³/mol. The minimum Gasteiger partial charge on any atom is -0.495 e. The first-order valence-corrected chi connectivity index (χ1v) is 8.11. The molecule has 0 fully saturated rings. The lowest BCUT2D eigenvalue weighted by Crippen LogP contribution is -2.23. The van der Waals surface area contributed by atoms with Crippen molar-refractivity contribution in [2.24, 2.45) is 0 Å². The fourth-order valence-corrected chi connectivity index (χ4v) is 3.58. The molecule has 0 bridgehead atoms. The number of methoxy groups -OCH3 is 1. The van der Waals surface area contributed by atoms with Gasteiger partial charge in [-0.1, -0.05) is 6.07 Å². The molecule has 0 radical (unpaired) electrons. The summed E-state index contributed by atoms with van der Waals surface area (Å²) in [5.41, 5.74) is 1.82. The molecule has 0 amide bonds. The highest BCUT2D eigenvalue weighted by Gasteiger charge is 2.19. The number of thiophene rings is 1. The maximum absolute atomic E-state index is 12.3. The Morgan fingerprint density at radius 2 is 2.11 bits per heavy atom. The molecule has 4 nitrogen and oxygen atoms in total. The molecule has 2 aromatic rings.